The van der Waals surface area contributed by atoms with Gasteiger partial charge in [0, 0.05) is 17.5 Å². The van der Waals surface area contributed by atoms with Crippen molar-refractivity contribution >= 4 is 5.78 Å². The van der Waals surface area contributed by atoms with Crippen LogP contribution < -0.4 is 0 Å². The number of hydrogen-bond donors (Lipinski definition) is 0. The minimum absolute atomic E-state index is 0.0643. The Balaban J connectivity index is 2.00. The van der Waals surface area contributed by atoms with Crippen molar-refractivity contribution in [3.8, 4) is 0 Å². The summed E-state index contributed by atoms with van der Waals surface area (Å²) in [5.41, 5.74) is 0.320. The van der Waals surface area contributed by atoms with Gasteiger partial charge < -0.3 is 0 Å². The van der Waals surface area contributed by atoms with Gasteiger partial charge in [-0.15, -0.1) is 0 Å². The first-order valence-electron chi connectivity index (χ1n) is 5.89. The lowest BCUT2D eigenvalue weighted by molar-refractivity contribution is -0.137. The van der Waals surface area contributed by atoms with E-state index >= 15 is 0 Å². The summed E-state index contributed by atoms with van der Waals surface area (Å²) in [6.45, 7) is 1.66. The fraction of sp³-hybridized carbons (Fsp3) is 0.462. The van der Waals surface area contributed by atoms with E-state index in [1.807, 2.05) is 4.90 Å². The summed E-state index contributed by atoms with van der Waals surface area (Å²) in [4.78, 5) is 14.1. The third-order valence-electron chi connectivity index (χ3n) is 3.82. The lowest BCUT2D eigenvalue weighted by atomic mass is 9.79. The number of benzene rings is 1. The van der Waals surface area contributed by atoms with Gasteiger partial charge >= 0.3 is 0 Å². The average Bonchev–Trinajstić information content (AvgIpc) is 2.32. The van der Waals surface area contributed by atoms with E-state index in [1.165, 1.54) is 12.1 Å². The topological polar surface area (TPSA) is 20.3 Å². The van der Waals surface area contributed by atoms with Gasteiger partial charge in [0.25, 0.3) is 0 Å². The number of fused-ring (bicyclic) bond motifs is 3. The van der Waals surface area contributed by atoms with E-state index in [0.717, 1.165) is 32.0 Å². The van der Waals surface area contributed by atoms with E-state index < -0.39 is 17.7 Å². The largest absolute Gasteiger partial charge is 0.297 e. The maximum absolute atomic E-state index is 13.7. The number of Topliss-reactive ketones (excluding diaryl/α,β-unsaturated/α-hetero) is 1. The molecular weight excluding hydrogens is 224 g/mol. The van der Waals surface area contributed by atoms with Crippen LogP contribution in [0, 0.1) is 17.6 Å². The molecule has 0 aromatic heterocycles. The monoisotopic (exact) mass is 237 g/mol. The molecule has 0 N–H and O–H groups in total. The minimum Gasteiger partial charge on any atom is -0.297 e. The molecule has 3 aliphatic heterocycles. The Morgan fingerprint density at radius 2 is 1.88 bits per heavy atom. The van der Waals surface area contributed by atoms with Crippen molar-refractivity contribution < 1.29 is 13.6 Å². The quantitative estimate of drug-likeness (QED) is 0.747. The number of ketones is 1. The summed E-state index contributed by atoms with van der Waals surface area (Å²) >= 11 is 0. The molecule has 1 aromatic rings. The standard InChI is InChI=1S/C13H13F2NO/c14-9-1-2-10(11(15)7-9)12-13(17)8-3-5-16(12)6-4-8/h1-2,7-8,12H,3-6H2. The summed E-state index contributed by atoms with van der Waals surface area (Å²) in [6.07, 6.45) is 1.75. The molecule has 1 aromatic carbocycles. The third-order valence-corrected chi connectivity index (χ3v) is 3.82. The highest BCUT2D eigenvalue weighted by molar-refractivity contribution is 5.89. The lowest BCUT2D eigenvalue weighted by Gasteiger charge is -2.44. The fourth-order valence-corrected chi connectivity index (χ4v) is 2.92. The first kappa shape index (κ1) is 10.8. The fourth-order valence-electron chi connectivity index (χ4n) is 2.92. The Bertz CT molecular complexity index is 466. The molecule has 2 bridgehead atoms. The Hall–Kier alpha value is -1.29. The molecule has 0 aliphatic carbocycles. The van der Waals surface area contributed by atoms with Crippen molar-refractivity contribution in [2.75, 3.05) is 13.1 Å². The molecule has 3 fully saturated rings. The predicted molar refractivity (Wildman–Crippen MR) is 58.4 cm³/mol. The van der Waals surface area contributed by atoms with Gasteiger partial charge in [-0.2, -0.15) is 0 Å². The minimum atomic E-state index is -0.615. The molecule has 17 heavy (non-hydrogen) atoms. The second-order valence-electron chi connectivity index (χ2n) is 4.78. The van der Waals surface area contributed by atoms with Gasteiger partial charge in [-0.1, -0.05) is 6.07 Å². The van der Waals surface area contributed by atoms with E-state index in [0.29, 0.717) is 5.56 Å². The molecule has 0 saturated carbocycles. The molecule has 1 atom stereocenters. The van der Waals surface area contributed by atoms with Crippen LogP contribution in [-0.4, -0.2) is 23.8 Å². The number of rotatable bonds is 1. The van der Waals surface area contributed by atoms with Crippen LogP contribution in [-0.2, 0) is 4.79 Å². The van der Waals surface area contributed by atoms with Gasteiger partial charge in [0.2, 0.25) is 0 Å². The summed E-state index contributed by atoms with van der Waals surface area (Å²) in [6, 6.07) is 2.97. The predicted octanol–water partition coefficient (Wildman–Crippen LogP) is 2.30. The van der Waals surface area contributed by atoms with Crippen LogP contribution in [0.2, 0.25) is 0 Å². The molecule has 3 heterocycles. The molecule has 4 heteroatoms. The molecule has 0 radical (unpaired) electrons. The SMILES string of the molecule is O=C1C2CCN(CC2)C1c1ccc(F)cc1F. The Labute approximate surface area is 98.2 Å². The van der Waals surface area contributed by atoms with Crippen LogP contribution >= 0.6 is 0 Å². The summed E-state index contributed by atoms with van der Waals surface area (Å²) in [7, 11) is 0. The maximum atomic E-state index is 13.7. The number of nitrogens with zero attached hydrogens (tertiary/aromatic N) is 1. The molecule has 90 valence electrons. The van der Waals surface area contributed by atoms with E-state index in [4.69, 9.17) is 0 Å². The molecule has 1 unspecified atom stereocenters. The smallest absolute Gasteiger partial charge is 0.157 e. The zero-order chi connectivity index (χ0) is 12.0. The number of piperidine rings is 3. The Morgan fingerprint density at radius 3 is 2.47 bits per heavy atom. The first-order chi connectivity index (χ1) is 8.16. The van der Waals surface area contributed by atoms with Crippen molar-refractivity contribution in [3.63, 3.8) is 0 Å². The highest BCUT2D eigenvalue weighted by Gasteiger charge is 2.42. The highest BCUT2D eigenvalue weighted by atomic mass is 19.1. The van der Waals surface area contributed by atoms with Crippen molar-refractivity contribution in [2.24, 2.45) is 5.92 Å². The normalized spacial score (nSPS) is 31.9. The summed E-state index contributed by atoms with van der Waals surface area (Å²) in [5.74, 6) is -1.06. The zero-order valence-electron chi connectivity index (χ0n) is 9.33. The van der Waals surface area contributed by atoms with Crippen LogP contribution in [0.1, 0.15) is 24.4 Å². The van der Waals surface area contributed by atoms with Gasteiger partial charge in [-0.25, -0.2) is 8.78 Å². The molecule has 0 amide bonds. The molecule has 3 aliphatic rings. The number of carbonyl (C=O) groups excluding carboxylic acids is 1. The molecule has 2 nitrogen and oxygen atoms in total. The van der Waals surface area contributed by atoms with Gasteiger partial charge in [-0.3, -0.25) is 9.69 Å². The van der Waals surface area contributed by atoms with Crippen LogP contribution in [0.15, 0.2) is 18.2 Å². The van der Waals surface area contributed by atoms with Gasteiger partial charge in [0.15, 0.2) is 5.78 Å². The summed E-state index contributed by atoms with van der Waals surface area (Å²) < 4.78 is 26.6. The maximum Gasteiger partial charge on any atom is 0.157 e. The van der Waals surface area contributed by atoms with Crippen LogP contribution in [0.5, 0.6) is 0 Å². The third kappa shape index (κ3) is 1.67. The molecule has 4 rings (SSSR count). The average molecular weight is 237 g/mol. The second-order valence-corrected chi connectivity index (χ2v) is 4.78. The molecular formula is C13H13F2NO. The van der Waals surface area contributed by atoms with Crippen LogP contribution in [0.4, 0.5) is 8.78 Å². The zero-order valence-corrected chi connectivity index (χ0v) is 9.33. The van der Waals surface area contributed by atoms with Gasteiger partial charge in [0.1, 0.15) is 11.6 Å². The second kappa shape index (κ2) is 3.88. The first-order valence-corrected chi connectivity index (χ1v) is 5.89. The summed E-state index contributed by atoms with van der Waals surface area (Å²) in [5, 5.41) is 0. The van der Waals surface area contributed by atoms with Crippen molar-refractivity contribution in [3.05, 3.63) is 35.4 Å². The van der Waals surface area contributed by atoms with E-state index in [2.05, 4.69) is 0 Å². The molecule has 0 spiro atoms. The van der Waals surface area contributed by atoms with E-state index in [-0.39, 0.29) is 11.7 Å². The van der Waals surface area contributed by atoms with E-state index in [1.54, 1.807) is 0 Å². The van der Waals surface area contributed by atoms with Crippen molar-refractivity contribution in [2.45, 2.75) is 18.9 Å². The van der Waals surface area contributed by atoms with E-state index in [9.17, 15) is 13.6 Å². The number of halogens is 2. The van der Waals surface area contributed by atoms with Crippen molar-refractivity contribution in [1.29, 1.82) is 0 Å². The number of carbonyl (C=O) groups is 1. The highest BCUT2D eigenvalue weighted by Crippen LogP contribution is 2.38. The Kier molecular flexibility index (Phi) is 2.47. The van der Waals surface area contributed by atoms with Crippen molar-refractivity contribution in [1.82, 2.24) is 4.90 Å². The number of hydrogen-bond acceptors (Lipinski definition) is 2. The lowest BCUT2D eigenvalue weighted by Crippen LogP contribution is -2.50. The Morgan fingerprint density at radius 1 is 1.18 bits per heavy atom. The van der Waals surface area contributed by atoms with Crippen LogP contribution in [0.3, 0.4) is 0 Å². The van der Waals surface area contributed by atoms with Crippen LogP contribution in [0.25, 0.3) is 0 Å². The molecule has 3 saturated heterocycles. The van der Waals surface area contributed by atoms with Gasteiger partial charge in [-0.05, 0) is 32.0 Å². The van der Waals surface area contributed by atoms with Gasteiger partial charge in [0.05, 0.1) is 6.04 Å².